The van der Waals surface area contributed by atoms with Crippen molar-refractivity contribution in [2.24, 2.45) is 0 Å². The van der Waals surface area contributed by atoms with E-state index in [0.717, 1.165) is 19.5 Å². The Bertz CT molecular complexity index is 329. The number of aromatic nitrogens is 1. The van der Waals surface area contributed by atoms with E-state index in [4.69, 9.17) is 4.42 Å². The smallest absolute Gasteiger partial charge is 0.375 e. The van der Waals surface area contributed by atoms with Crippen LogP contribution in [0, 0.1) is 0 Å². The second kappa shape index (κ2) is 3.79. The standard InChI is InChI=1S/C9H12N2O3/c1-13-9(12)7-5-11-8(14-7)6-2-3-10-4-6/h5-6,10H,2-4H2,1H3. The fourth-order valence-corrected chi connectivity index (χ4v) is 1.54. The Morgan fingerprint density at radius 1 is 1.79 bits per heavy atom. The molecule has 14 heavy (non-hydrogen) atoms. The van der Waals surface area contributed by atoms with Crippen molar-refractivity contribution in [1.29, 1.82) is 0 Å². The zero-order chi connectivity index (χ0) is 9.97. The number of esters is 1. The van der Waals surface area contributed by atoms with Crippen LogP contribution in [-0.2, 0) is 4.74 Å². The Labute approximate surface area is 81.5 Å². The first-order chi connectivity index (χ1) is 6.81. The SMILES string of the molecule is COC(=O)c1cnc(C2CCNC2)o1. The van der Waals surface area contributed by atoms with Crippen molar-refractivity contribution < 1.29 is 13.9 Å². The summed E-state index contributed by atoms with van der Waals surface area (Å²) in [6.07, 6.45) is 2.42. The quantitative estimate of drug-likeness (QED) is 0.699. The van der Waals surface area contributed by atoms with E-state index < -0.39 is 5.97 Å². The number of carbonyl (C=O) groups excluding carboxylic acids is 1. The lowest BCUT2D eigenvalue weighted by Crippen LogP contribution is -2.08. The Kier molecular flexibility index (Phi) is 2.49. The minimum Gasteiger partial charge on any atom is -0.463 e. The molecule has 1 N–H and O–H groups in total. The molecule has 1 saturated heterocycles. The molecule has 0 radical (unpaired) electrons. The minimum atomic E-state index is -0.477. The van der Waals surface area contributed by atoms with Crippen LogP contribution in [-0.4, -0.2) is 31.2 Å². The molecule has 0 bridgehead atoms. The molecule has 1 unspecified atom stereocenters. The van der Waals surface area contributed by atoms with Gasteiger partial charge >= 0.3 is 5.97 Å². The maximum atomic E-state index is 11.1. The van der Waals surface area contributed by atoms with Crippen molar-refractivity contribution in [2.45, 2.75) is 12.3 Å². The molecule has 5 nitrogen and oxygen atoms in total. The molecule has 0 aromatic carbocycles. The van der Waals surface area contributed by atoms with Crippen LogP contribution in [0.15, 0.2) is 10.6 Å². The molecule has 2 rings (SSSR count). The van der Waals surface area contributed by atoms with Crippen molar-refractivity contribution in [3.63, 3.8) is 0 Å². The molecule has 1 aliphatic rings. The van der Waals surface area contributed by atoms with Gasteiger partial charge in [0.1, 0.15) is 0 Å². The van der Waals surface area contributed by atoms with Gasteiger partial charge in [0.15, 0.2) is 5.89 Å². The lowest BCUT2D eigenvalue weighted by molar-refractivity contribution is 0.0562. The summed E-state index contributed by atoms with van der Waals surface area (Å²) in [5, 5.41) is 3.21. The van der Waals surface area contributed by atoms with Crippen LogP contribution >= 0.6 is 0 Å². The van der Waals surface area contributed by atoms with Crippen LogP contribution in [0.4, 0.5) is 0 Å². The highest BCUT2D eigenvalue weighted by Gasteiger charge is 2.23. The number of rotatable bonds is 2. The van der Waals surface area contributed by atoms with Gasteiger partial charge in [-0.05, 0) is 13.0 Å². The van der Waals surface area contributed by atoms with E-state index >= 15 is 0 Å². The van der Waals surface area contributed by atoms with Gasteiger partial charge in [0, 0.05) is 12.5 Å². The minimum absolute atomic E-state index is 0.175. The number of nitrogens with zero attached hydrogens (tertiary/aromatic N) is 1. The highest BCUT2D eigenvalue weighted by Crippen LogP contribution is 2.21. The van der Waals surface area contributed by atoms with E-state index in [-0.39, 0.29) is 11.7 Å². The van der Waals surface area contributed by atoms with Gasteiger partial charge in [-0.2, -0.15) is 0 Å². The van der Waals surface area contributed by atoms with Gasteiger partial charge in [-0.25, -0.2) is 9.78 Å². The second-order valence-electron chi connectivity index (χ2n) is 3.24. The summed E-state index contributed by atoms with van der Waals surface area (Å²) in [5.74, 6) is 0.605. The Morgan fingerprint density at radius 3 is 3.29 bits per heavy atom. The zero-order valence-corrected chi connectivity index (χ0v) is 7.95. The lowest BCUT2D eigenvalue weighted by atomic mass is 10.1. The Hall–Kier alpha value is -1.36. The van der Waals surface area contributed by atoms with Crippen LogP contribution in [0.2, 0.25) is 0 Å². The summed E-state index contributed by atoms with van der Waals surface area (Å²) in [6.45, 7) is 1.84. The van der Waals surface area contributed by atoms with Gasteiger partial charge in [-0.1, -0.05) is 0 Å². The maximum absolute atomic E-state index is 11.1. The van der Waals surface area contributed by atoms with Crippen LogP contribution in [0.5, 0.6) is 0 Å². The summed E-state index contributed by atoms with van der Waals surface area (Å²) in [5.41, 5.74) is 0. The molecule has 1 fully saturated rings. The van der Waals surface area contributed by atoms with Crippen LogP contribution < -0.4 is 5.32 Å². The third-order valence-electron chi connectivity index (χ3n) is 2.32. The van der Waals surface area contributed by atoms with E-state index in [0.29, 0.717) is 5.89 Å². The summed E-state index contributed by atoms with van der Waals surface area (Å²) in [6, 6.07) is 0. The van der Waals surface area contributed by atoms with Crippen LogP contribution in [0.3, 0.4) is 0 Å². The molecule has 1 atom stereocenters. The third kappa shape index (κ3) is 1.63. The number of nitrogens with one attached hydrogen (secondary N) is 1. The lowest BCUT2D eigenvalue weighted by Gasteiger charge is -2.00. The maximum Gasteiger partial charge on any atom is 0.375 e. The van der Waals surface area contributed by atoms with Gasteiger partial charge in [0.2, 0.25) is 5.76 Å². The molecule has 5 heteroatoms. The average molecular weight is 196 g/mol. The van der Waals surface area contributed by atoms with E-state index in [1.54, 1.807) is 0 Å². The van der Waals surface area contributed by atoms with E-state index in [2.05, 4.69) is 15.0 Å². The zero-order valence-electron chi connectivity index (χ0n) is 7.95. The van der Waals surface area contributed by atoms with Gasteiger partial charge in [0.25, 0.3) is 0 Å². The first-order valence-electron chi connectivity index (χ1n) is 4.56. The van der Waals surface area contributed by atoms with Crippen molar-refractivity contribution in [3.8, 4) is 0 Å². The predicted octanol–water partition coefficient (Wildman–Crippen LogP) is 0.538. The molecule has 0 saturated carbocycles. The highest BCUT2D eigenvalue weighted by molar-refractivity contribution is 5.85. The number of methoxy groups -OCH3 is 1. The average Bonchev–Trinajstić information content (AvgIpc) is 2.86. The number of ether oxygens (including phenoxy) is 1. The molecule has 1 aromatic heterocycles. The molecule has 0 spiro atoms. The van der Waals surface area contributed by atoms with Crippen molar-refractivity contribution in [3.05, 3.63) is 17.8 Å². The van der Waals surface area contributed by atoms with Crippen molar-refractivity contribution in [1.82, 2.24) is 10.3 Å². The fraction of sp³-hybridized carbons (Fsp3) is 0.556. The predicted molar refractivity (Wildman–Crippen MR) is 48.1 cm³/mol. The number of oxazole rings is 1. The largest absolute Gasteiger partial charge is 0.463 e. The molecule has 1 aromatic rings. The Balaban J connectivity index is 2.12. The van der Waals surface area contributed by atoms with Crippen LogP contribution in [0.25, 0.3) is 0 Å². The highest BCUT2D eigenvalue weighted by atomic mass is 16.5. The van der Waals surface area contributed by atoms with Gasteiger partial charge in [-0.15, -0.1) is 0 Å². The molecular weight excluding hydrogens is 184 g/mol. The molecule has 1 aliphatic heterocycles. The summed E-state index contributed by atoms with van der Waals surface area (Å²) >= 11 is 0. The van der Waals surface area contributed by atoms with E-state index in [1.165, 1.54) is 13.3 Å². The molecule has 0 aliphatic carbocycles. The first kappa shape index (κ1) is 9.21. The Morgan fingerprint density at radius 2 is 2.64 bits per heavy atom. The van der Waals surface area contributed by atoms with E-state index in [1.807, 2.05) is 0 Å². The fourth-order valence-electron chi connectivity index (χ4n) is 1.54. The monoisotopic (exact) mass is 196 g/mol. The van der Waals surface area contributed by atoms with Crippen molar-refractivity contribution >= 4 is 5.97 Å². The summed E-state index contributed by atoms with van der Waals surface area (Å²) in [4.78, 5) is 15.1. The number of hydrogen-bond donors (Lipinski definition) is 1. The molecular formula is C9H12N2O3. The van der Waals surface area contributed by atoms with Crippen LogP contribution in [0.1, 0.15) is 28.8 Å². The van der Waals surface area contributed by atoms with E-state index in [9.17, 15) is 4.79 Å². The van der Waals surface area contributed by atoms with Gasteiger partial charge in [-0.3, -0.25) is 0 Å². The summed E-state index contributed by atoms with van der Waals surface area (Å²) in [7, 11) is 1.32. The first-order valence-corrected chi connectivity index (χ1v) is 4.56. The third-order valence-corrected chi connectivity index (χ3v) is 2.32. The molecule has 0 amide bonds. The van der Waals surface area contributed by atoms with Gasteiger partial charge in [0.05, 0.1) is 13.3 Å². The topological polar surface area (TPSA) is 64.4 Å². The number of hydrogen-bond acceptors (Lipinski definition) is 5. The van der Waals surface area contributed by atoms with Crippen molar-refractivity contribution in [2.75, 3.05) is 20.2 Å². The summed E-state index contributed by atoms with van der Waals surface area (Å²) < 4.78 is 9.82. The normalized spacial score (nSPS) is 21.1. The molecule has 76 valence electrons. The number of carbonyl (C=O) groups is 1. The molecule has 2 heterocycles. The van der Waals surface area contributed by atoms with Gasteiger partial charge < -0.3 is 14.5 Å². The second-order valence-corrected chi connectivity index (χ2v) is 3.24.